The summed E-state index contributed by atoms with van der Waals surface area (Å²) in [5.41, 5.74) is 7.65. The molecule has 0 spiro atoms. The fraction of sp³-hybridized carbons (Fsp3) is 0.250. The van der Waals surface area contributed by atoms with Gasteiger partial charge in [0.15, 0.2) is 5.78 Å². The van der Waals surface area contributed by atoms with Gasteiger partial charge in [0.2, 0.25) is 0 Å². The molecule has 1 aromatic rings. The number of ether oxygens (including phenoxy) is 1. The van der Waals surface area contributed by atoms with E-state index < -0.39 is 0 Å². The fourth-order valence-electron chi connectivity index (χ4n) is 1.23. The molecule has 0 aliphatic rings. The zero-order chi connectivity index (χ0) is 11.4. The molecule has 0 bridgehead atoms. The molecule has 3 nitrogen and oxygen atoms in total. The van der Waals surface area contributed by atoms with Crippen molar-refractivity contribution >= 4 is 11.5 Å². The van der Waals surface area contributed by atoms with E-state index in [4.69, 9.17) is 10.5 Å². The second kappa shape index (κ2) is 4.64. The van der Waals surface area contributed by atoms with Gasteiger partial charge in [0.25, 0.3) is 0 Å². The number of benzene rings is 1. The van der Waals surface area contributed by atoms with Crippen molar-refractivity contribution < 1.29 is 9.53 Å². The van der Waals surface area contributed by atoms with E-state index in [1.165, 1.54) is 0 Å². The number of allylic oxidation sites excluding steroid dienone is 2. The molecule has 0 radical (unpaired) electrons. The normalized spacial score (nSPS) is 9.53. The van der Waals surface area contributed by atoms with E-state index in [0.717, 1.165) is 5.57 Å². The van der Waals surface area contributed by atoms with Gasteiger partial charge >= 0.3 is 0 Å². The summed E-state index contributed by atoms with van der Waals surface area (Å²) in [7, 11) is 1.56. The van der Waals surface area contributed by atoms with Crippen LogP contribution in [0, 0.1) is 0 Å². The monoisotopic (exact) mass is 205 g/mol. The molecule has 3 heteroatoms. The molecule has 0 aliphatic carbocycles. The number of anilines is 1. The molecular formula is C12H15NO2. The van der Waals surface area contributed by atoms with Crippen LogP contribution in [0.15, 0.2) is 29.8 Å². The van der Waals surface area contributed by atoms with Crippen LogP contribution >= 0.6 is 0 Å². The third-order valence-electron chi connectivity index (χ3n) is 1.94. The van der Waals surface area contributed by atoms with Gasteiger partial charge in [-0.3, -0.25) is 4.79 Å². The van der Waals surface area contributed by atoms with Gasteiger partial charge in [-0.2, -0.15) is 0 Å². The molecule has 0 unspecified atom stereocenters. The van der Waals surface area contributed by atoms with Crippen molar-refractivity contribution in [1.29, 1.82) is 0 Å². The lowest BCUT2D eigenvalue weighted by Crippen LogP contribution is -2.01. The van der Waals surface area contributed by atoms with Crippen molar-refractivity contribution in [2.75, 3.05) is 12.8 Å². The quantitative estimate of drug-likeness (QED) is 0.468. The SMILES string of the molecule is COc1ccc(C(=O)C=C(C)C)c(N)c1. The molecule has 1 rings (SSSR count). The largest absolute Gasteiger partial charge is 0.497 e. The first-order chi connectivity index (χ1) is 7.04. The van der Waals surface area contributed by atoms with Crippen LogP contribution in [-0.2, 0) is 0 Å². The van der Waals surface area contributed by atoms with Gasteiger partial charge in [0.05, 0.1) is 7.11 Å². The van der Waals surface area contributed by atoms with Crippen LogP contribution in [0.1, 0.15) is 24.2 Å². The lowest BCUT2D eigenvalue weighted by atomic mass is 10.1. The summed E-state index contributed by atoms with van der Waals surface area (Å²) in [6.07, 6.45) is 1.57. The van der Waals surface area contributed by atoms with E-state index in [1.54, 1.807) is 31.4 Å². The van der Waals surface area contributed by atoms with Crippen LogP contribution < -0.4 is 10.5 Å². The highest BCUT2D eigenvalue weighted by molar-refractivity contribution is 6.08. The molecule has 2 N–H and O–H groups in total. The summed E-state index contributed by atoms with van der Waals surface area (Å²) in [6.45, 7) is 3.75. The van der Waals surface area contributed by atoms with Crippen molar-refractivity contribution in [3.8, 4) is 5.75 Å². The third-order valence-corrected chi connectivity index (χ3v) is 1.94. The molecule has 80 valence electrons. The average Bonchev–Trinajstić information content (AvgIpc) is 2.16. The van der Waals surface area contributed by atoms with E-state index in [-0.39, 0.29) is 5.78 Å². The molecule has 1 aromatic carbocycles. The standard InChI is InChI=1S/C12H15NO2/c1-8(2)6-12(14)10-5-4-9(15-3)7-11(10)13/h4-7H,13H2,1-3H3. The number of methoxy groups -OCH3 is 1. The number of carbonyl (C=O) groups excluding carboxylic acids is 1. The van der Waals surface area contributed by atoms with Crippen molar-refractivity contribution in [3.63, 3.8) is 0 Å². The summed E-state index contributed by atoms with van der Waals surface area (Å²) in [5, 5.41) is 0. The first-order valence-corrected chi connectivity index (χ1v) is 4.67. The molecule has 0 aliphatic heterocycles. The smallest absolute Gasteiger partial charge is 0.187 e. The topological polar surface area (TPSA) is 52.3 Å². The lowest BCUT2D eigenvalue weighted by Gasteiger charge is -2.05. The van der Waals surface area contributed by atoms with Crippen LogP contribution in [0.3, 0.4) is 0 Å². The minimum absolute atomic E-state index is 0.0739. The zero-order valence-electron chi connectivity index (χ0n) is 9.20. The van der Waals surface area contributed by atoms with E-state index in [2.05, 4.69) is 0 Å². The Kier molecular flexibility index (Phi) is 3.50. The molecule has 0 heterocycles. The van der Waals surface area contributed by atoms with Gasteiger partial charge in [-0.15, -0.1) is 0 Å². The molecule has 0 atom stereocenters. The van der Waals surface area contributed by atoms with Crippen LogP contribution in [0.25, 0.3) is 0 Å². The maximum atomic E-state index is 11.7. The summed E-state index contributed by atoms with van der Waals surface area (Å²) in [6, 6.07) is 5.05. The van der Waals surface area contributed by atoms with Crippen LogP contribution in [0.4, 0.5) is 5.69 Å². The van der Waals surface area contributed by atoms with E-state index in [0.29, 0.717) is 17.0 Å². The highest BCUT2D eigenvalue weighted by atomic mass is 16.5. The van der Waals surface area contributed by atoms with E-state index in [9.17, 15) is 4.79 Å². The average molecular weight is 205 g/mol. The maximum absolute atomic E-state index is 11.7. The van der Waals surface area contributed by atoms with Crippen LogP contribution in [0.2, 0.25) is 0 Å². The first kappa shape index (κ1) is 11.3. The number of rotatable bonds is 3. The van der Waals surface area contributed by atoms with E-state index >= 15 is 0 Å². The highest BCUT2D eigenvalue weighted by Crippen LogP contribution is 2.20. The fourth-order valence-corrected chi connectivity index (χ4v) is 1.23. The van der Waals surface area contributed by atoms with Gasteiger partial charge in [0, 0.05) is 17.3 Å². The number of hydrogen-bond donors (Lipinski definition) is 1. The van der Waals surface area contributed by atoms with Gasteiger partial charge < -0.3 is 10.5 Å². The van der Waals surface area contributed by atoms with Gasteiger partial charge in [-0.1, -0.05) is 5.57 Å². The Morgan fingerprint density at radius 3 is 2.53 bits per heavy atom. The second-order valence-corrected chi connectivity index (χ2v) is 3.54. The van der Waals surface area contributed by atoms with Gasteiger partial charge in [-0.05, 0) is 32.1 Å². The highest BCUT2D eigenvalue weighted by Gasteiger charge is 2.07. The molecule has 0 amide bonds. The molecule has 15 heavy (non-hydrogen) atoms. The minimum atomic E-state index is -0.0739. The first-order valence-electron chi connectivity index (χ1n) is 4.67. The molecule has 0 saturated heterocycles. The summed E-state index contributed by atoms with van der Waals surface area (Å²) in [4.78, 5) is 11.7. The van der Waals surface area contributed by atoms with Crippen molar-refractivity contribution in [2.24, 2.45) is 0 Å². The molecular weight excluding hydrogens is 190 g/mol. The molecule has 0 fully saturated rings. The number of carbonyl (C=O) groups is 1. The predicted molar refractivity (Wildman–Crippen MR) is 61.2 cm³/mol. The Balaban J connectivity index is 3.06. The summed E-state index contributed by atoms with van der Waals surface area (Å²) < 4.78 is 5.00. The summed E-state index contributed by atoms with van der Waals surface area (Å²) >= 11 is 0. The number of nitrogens with two attached hydrogens (primary N) is 1. The zero-order valence-corrected chi connectivity index (χ0v) is 9.20. The second-order valence-electron chi connectivity index (χ2n) is 3.54. The van der Waals surface area contributed by atoms with Gasteiger partial charge in [-0.25, -0.2) is 0 Å². The van der Waals surface area contributed by atoms with E-state index in [1.807, 2.05) is 13.8 Å². The van der Waals surface area contributed by atoms with Crippen LogP contribution in [-0.4, -0.2) is 12.9 Å². The van der Waals surface area contributed by atoms with Crippen molar-refractivity contribution in [1.82, 2.24) is 0 Å². The Labute approximate surface area is 89.5 Å². The van der Waals surface area contributed by atoms with Crippen molar-refractivity contribution in [3.05, 3.63) is 35.4 Å². The van der Waals surface area contributed by atoms with Crippen LogP contribution in [0.5, 0.6) is 5.75 Å². The lowest BCUT2D eigenvalue weighted by molar-refractivity contribution is 0.104. The minimum Gasteiger partial charge on any atom is -0.497 e. The Morgan fingerprint density at radius 2 is 2.07 bits per heavy atom. The Morgan fingerprint density at radius 1 is 1.40 bits per heavy atom. The summed E-state index contributed by atoms with van der Waals surface area (Å²) in [5.74, 6) is 0.580. The Bertz CT molecular complexity index is 404. The van der Waals surface area contributed by atoms with Gasteiger partial charge in [0.1, 0.15) is 5.75 Å². The maximum Gasteiger partial charge on any atom is 0.187 e. The number of hydrogen-bond acceptors (Lipinski definition) is 3. The number of nitrogen functional groups attached to an aromatic ring is 1. The number of ketones is 1. The predicted octanol–water partition coefficient (Wildman–Crippen LogP) is 2.43. The third kappa shape index (κ3) is 2.84. The molecule has 0 aromatic heterocycles. The van der Waals surface area contributed by atoms with Crippen molar-refractivity contribution in [2.45, 2.75) is 13.8 Å². The Hall–Kier alpha value is -1.77. The molecule has 0 saturated carbocycles.